The number of hydrogen-bond acceptors (Lipinski definition) is 6. The summed E-state index contributed by atoms with van der Waals surface area (Å²) in [7, 11) is 0. The summed E-state index contributed by atoms with van der Waals surface area (Å²) in [4.78, 5) is 27.9. The van der Waals surface area contributed by atoms with Crippen molar-refractivity contribution in [2.45, 2.75) is 27.7 Å². The number of rotatable bonds is 8. The van der Waals surface area contributed by atoms with E-state index >= 15 is 0 Å². The third kappa shape index (κ3) is 2.85. The molecule has 1 aromatic carbocycles. The van der Waals surface area contributed by atoms with E-state index in [1.54, 1.807) is 0 Å². The number of cyclic esters (lactones) is 2. The molecule has 2 aliphatic heterocycles. The smallest absolute Gasteiger partial charge is 0.350 e. The summed E-state index contributed by atoms with van der Waals surface area (Å²) in [5.74, 6) is 0.620. The molecule has 26 heavy (non-hydrogen) atoms. The first kappa shape index (κ1) is 18.0. The van der Waals surface area contributed by atoms with Gasteiger partial charge in [0.15, 0.2) is 0 Å². The molecule has 3 rings (SSSR count). The summed E-state index contributed by atoms with van der Waals surface area (Å²) in [5, 5.41) is 0. The lowest BCUT2D eigenvalue weighted by molar-refractivity contribution is -0.141. The van der Waals surface area contributed by atoms with Gasteiger partial charge in [-0.25, -0.2) is 9.59 Å². The van der Waals surface area contributed by atoms with Crippen LogP contribution in [0, 0.1) is 0 Å². The second-order valence-corrected chi connectivity index (χ2v) is 6.06. The highest BCUT2D eigenvalue weighted by Crippen LogP contribution is 2.36. The third-order valence-electron chi connectivity index (χ3n) is 4.78. The number of hydrogen-bond donors (Lipinski definition) is 0. The normalized spacial score (nSPS) is 16.0. The van der Waals surface area contributed by atoms with E-state index in [1.807, 2.05) is 61.8 Å². The Kier molecular flexibility index (Phi) is 5.02. The molecule has 0 aromatic heterocycles. The molecule has 0 unspecified atom stereocenters. The zero-order chi connectivity index (χ0) is 18.8. The third-order valence-corrected chi connectivity index (χ3v) is 4.78. The molecular weight excluding hydrogens is 332 g/mol. The molecule has 0 saturated carbocycles. The van der Waals surface area contributed by atoms with Crippen LogP contribution in [-0.2, 0) is 19.1 Å². The van der Waals surface area contributed by atoms with Gasteiger partial charge in [0, 0.05) is 26.2 Å². The second kappa shape index (κ2) is 7.23. The Morgan fingerprint density at radius 1 is 0.654 bits per heavy atom. The SMILES string of the molecule is CCN(CC)C1=C(c2ccc(C3=C(N(CC)CC)OC3=O)cc2)C(=O)O1. The Bertz CT molecular complexity index is 718. The quantitative estimate of drug-likeness (QED) is 0.668. The summed E-state index contributed by atoms with van der Waals surface area (Å²) in [6.45, 7) is 11.2. The molecule has 0 radical (unpaired) electrons. The van der Waals surface area contributed by atoms with Gasteiger partial charge in [0.2, 0.25) is 11.8 Å². The maximum absolute atomic E-state index is 11.9. The van der Waals surface area contributed by atoms with Crippen molar-refractivity contribution in [3.05, 3.63) is 47.2 Å². The number of benzene rings is 1. The van der Waals surface area contributed by atoms with Crippen LogP contribution in [0.3, 0.4) is 0 Å². The van der Waals surface area contributed by atoms with Gasteiger partial charge in [-0.15, -0.1) is 0 Å². The summed E-state index contributed by atoms with van der Waals surface area (Å²) >= 11 is 0. The van der Waals surface area contributed by atoms with Gasteiger partial charge in [-0.3, -0.25) is 0 Å². The summed E-state index contributed by atoms with van der Waals surface area (Å²) in [6, 6.07) is 7.42. The van der Waals surface area contributed by atoms with E-state index in [-0.39, 0.29) is 11.9 Å². The van der Waals surface area contributed by atoms with Crippen LogP contribution in [0.15, 0.2) is 36.0 Å². The fourth-order valence-corrected chi connectivity index (χ4v) is 3.21. The molecule has 6 heteroatoms. The molecule has 1 aromatic rings. The highest BCUT2D eigenvalue weighted by molar-refractivity contribution is 6.23. The molecular formula is C20H24N2O4. The van der Waals surface area contributed by atoms with Crippen molar-refractivity contribution in [2.75, 3.05) is 26.2 Å². The molecule has 0 aliphatic carbocycles. The number of esters is 2. The van der Waals surface area contributed by atoms with Gasteiger partial charge in [-0.1, -0.05) is 24.3 Å². The maximum Gasteiger partial charge on any atom is 0.350 e. The van der Waals surface area contributed by atoms with Crippen molar-refractivity contribution < 1.29 is 19.1 Å². The Hall–Kier alpha value is -2.76. The van der Waals surface area contributed by atoms with Crippen LogP contribution in [0.4, 0.5) is 0 Å². The Morgan fingerprint density at radius 2 is 0.962 bits per heavy atom. The first-order valence-corrected chi connectivity index (χ1v) is 9.09. The molecule has 0 bridgehead atoms. The summed E-state index contributed by atoms with van der Waals surface area (Å²) in [6.07, 6.45) is 0. The molecule has 138 valence electrons. The van der Waals surface area contributed by atoms with E-state index in [2.05, 4.69) is 0 Å². The minimum Gasteiger partial charge on any atom is -0.405 e. The van der Waals surface area contributed by atoms with Gasteiger partial charge in [-0.2, -0.15) is 0 Å². The Labute approximate surface area is 153 Å². The number of carbonyl (C=O) groups excluding carboxylic acids is 2. The maximum atomic E-state index is 11.9. The molecule has 0 saturated heterocycles. The zero-order valence-corrected chi connectivity index (χ0v) is 15.7. The highest BCUT2D eigenvalue weighted by atomic mass is 16.6. The van der Waals surface area contributed by atoms with E-state index < -0.39 is 0 Å². The van der Waals surface area contributed by atoms with E-state index in [0.29, 0.717) is 22.9 Å². The van der Waals surface area contributed by atoms with Gasteiger partial charge in [0.25, 0.3) is 0 Å². The topological polar surface area (TPSA) is 59.1 Å². The van der Waals surface area contributed by atoms with Crippen molar-refractivity contribution in [2.24, 2.45) is 0 Å². The lowest BCUT2D eigenvalue weighted by Gasteiger charge is -2.32. The van der Waals surface area contributed by atoms with Crippen LogP contribution in [0.2, 0.25) is 0 Å². The molecule has 0 spiro atoms. The second-order valence-electron chi connectivity index (χ2n) is 6.06. The van der Waals surface area contributed by atoms with Gasteiger partial charge in [-0.05, 0) is 38.8 Å². The van der Waals surface area contributed by atoms with Crippen LogP contribution < -0.4 is 0 Å². The standard InChI is InChI=1S/C20H24N2O4/c1-5-21(6-2)17-15(19(23)25-17)13-9-11-14(12-10-13)16-18(26-20(16)24)22(7-3)8-4/h9-12H,5-8H2,1-4H3. The predicted octanol–water partition coefficient (Wildman–Crippen LogP) is 2.82. The Balaban J connectivity index is 1.92. The van der Waals surface area contributed by atoms with Crippen LogP contribution >= 0.6 is 0 Å². The molecule has 0 N–H and O–H groups in total. The summed E-state index contributed by atoms with van der Waals surface area (Å²) in [5.41, 5.74) is 2.78. The lowest BCUT2D eigenvalue weighted by Crippen LogP contribution is -2.35. The molecule has 2 heterocycles. The van der Waals surface area contributed by atoms with Gasteiger partial charge in [0.1, 0.15) is 11.1 Å². The van der Waals surface area contributed by atoms with Crippen LogP contribution in [0.25, 0.3) is 11.1 Å². The van der Waals surface area contributed by atoms with Crippen LogP contribution in [0.5, 0.6) is 0 Å². The average Bonchev–Trinajstić information content (AvgIpc) is 2.63. The van der Waals surface area contributed by atoms with E-state index in [0.717, 1.165) is 37.3 Å². The van der Waals surface area contributed by atoms with Gasteiger partial charge in [0.05, 0.1) is 0 Å². The first-order valence-electron chi connectivity index (χ1n) is 9.09. The largest absolute Gasteiger partial charge is 0.405 e. The number of ether oxygens (including phenoxy) is 2. The molecule has 2 aliphatic rings. The van der Waals surface area contributed by atoms with Crippen molar-refractivity contribution in [1.29, 1.82) is 0 Å². The number of carbonyl (C=O) groups is 2. The van der Waals surface area contributed by atoms with E-state index in [9.17, 15) is 9.59 Å². The molecule has 0 atom stereocenters. The van der Waals surface area contributed by atoms with E-state index in [4.69, 9.17) is 9.47 Å². The van der Waals surface area contributed by atoms with Crippen molar-refractivity contribution in [1.82, 2.24) is 9.80 Å². The Morgan fingerprint density at radius 3 is 1.19 bits per heavy atom. The molecule has 0 amide bonds. The van der Waals surface area contributed by atoms with Gasteiger partial charge < -0.3 is 19.3 Å². The van der Waals surface area contributed by atoms with Crippen molar-refractivity contribution in [3.8, 4) is 0 Å². The fraction of sp³-hybridized carbons (Fsp3) is 0.400. The van der Waals surface area contributed by atoms with Gasteiger partial charge >= 0.3 is 11.9 Å². The fourth-order valence-electron chi connectivity index (χ4n) is 3.21. The molecule has 6 nitrogen and oxygen atoms in total. The van der Waals surface area contributed by atoms with Crippen molar-refractivity contribution >= 4 is 23.1 Å². The zero-order valence-electron chi connectivity index (χ0n) is 15.7. The average molecular weight is 356 g/mol. The predicted molar refractivity (Wildman–Crippen MR) is 98.3 cm³/mol. The highest BCUT2D eigenvalue weighted by Gasteiger charge is 2.36. The van der Waals surface area contributed by atoms with Crippen LogP contribution in [0.1, 0.15) is 38.8 Å². The summed E-state index contributed by atoms with van der Waals surface area (Å²) < 4.78 is 10.5. The van der Waals surface area contributed by atoms with Crippen molar-refractivity contribution in [3.63, 3.8) is 0 Å². The number of nitrogens with zero attached hydrogens (tertiary/aromatic N) is 2. The minimum absolute atomic E-state index is 0.314. The molecule has 0 fully saturated rings. The monoisotopic (exact) mass is 356 g/mol. The first-order chi connectivity index (χ1) is 12.5. The van der Waals surface area contributed by atoms with Crippen LogP contribution in [-0.4, -0.2) is 47.9 Å². The minimum atomic E-state index is -0.314. The lowest BCUT2D eigenvalue weighted by atomic mass is 9.97. The van der Waals surface area contributed by atoms with E-state index in [1.165, 1.54) is 0 Å².